The number of sulfonamides is 1. The van der Waals surface area contributed by atoms with E-state index in [0.717, 1.165) is 19.3 Å². The highest BCUT2D eigenvalue weighted by atomic mass is 32.2. The summed E-state index contributed by atoms with van der Waals surface area (Å²) < 4.78 is 28.1. The summed E-state index contributed by atoms with van der Waals surface area (Å²) in [6.45, 7) is 0.609. The molecule has 31 heavy (non-hydrogen) atoms. The van der Waals surface area contributed by atoms with E-state index in [0.29, 0.717) is 35.4 Å². The molecule has 1 aliphatic heterocycles. The number of aromatic amines is 1. The van der Waals surface area contributed by atoms with Crippen molar-refractivity contribution in [3.63, 3.8) is 0 Å². The highest BCUT2D eigenvalue weighted by Gasteiger charge is 2.19. The van der Waals surface area contributed by atoms with E-state index >= 15 is 0 Å². The zero-order valence-electron chi connectivity index (χ0n) is 16.7. The second-order valence-corrected chi connectivity index (χ2v) is 9.00. The van der Waals surface area contributed by atoms with Crippen molar-refractivity contribution >= 4 is 38.4 Å². The maximum Gasteiger partial charge on any atom is 0.262 e. The molecule has 0 bridgehead atoms. The van der Waals surface area contributed by atoms with Gasteiger partial charge in [-0.15, -0.1) is 0 Å². The molecule has 0 unspecified atom stereocenters. The Morgan fingerprint density at radius 3 is 2.71 bits per heavy atom. The fraction of sp³-hybridized carbons (Fsp3) is 0.227. The number of benzene rings is 2. The molecule has 0 radical (unpaired) electrons. The zero-order valence-corrected chi connectivity index (χ0v) is 17.5. The molecule has 0 saturated carbocycles. The van der Waals surface area contributed by atoms with Gasteiger partial charge in [0.25, 0.3) is 15.9 Å². The predicted octanol–water partition coefficient (Wildman–Crippen LogP) is 3.03. The third-order valence-corrected chi connectivity index (χ3v) is 6.40. The predicted molar refractivity (Wildman–Crippen MR) is 120 cm³/mol. The number of para-hydroxylation sites is 1. The van der Waals surface area contributed by atoms with E-state index in [4.69, 9.17) is 0 Å². The lowest BCUT2D eigenvalue weighted by Gasteiger charge is -2.12. The van der Waals surface area contributed by atoms with Gasteiger partial charge in [-0.25, -0.2) is 8.42 Å². The van der Waals surface area contributed by atoms with Crippen LogP contribution in [-0.2, 0) is 10.0 Å². The quantitative estimate of drug-likeness (QED) is 0.580. The molecule has 1 amide bonds. The van der Waals surface area contributed by atoms with Crippen LogP contribution in [0.25, 0.3) is 10.9 Å². The van der Waals surface area contributed by atoms with Crippen LogP contribution in [0.2, 0.25) is 0 Å². The molecule has 2 aromatic carbocycles. The second kappa shape index (κ2) is 8.73. The summed E-state index contributed by atoms with van der Waals surface area (Å²) in [5, 5.41) is 3.28. The molecule has 1 aliphatic rings. The van der Waals surface area contributed by atoms with Gasteiger partial charge in [-0.1, -0.05) is 30.7 Å². The van der Waals surface area contributed by atoms with E-state index < -0.39 is 21.5 Å². The van der Waals surface area contributed by atoms with Gasteiger partial charge in [-0.3, -0.25) is 19.3 Å². The summed E-state index contributed by atoms with van der Waals surface area (Å²) in [5.41, 5.74) is 0.664. The van der Waals surface area contributed by atoms with Crippen molar-refractivity contribution in [1.29, 1.82) is 0 Å². The molecule has 160 valence electrons. The Hall–Kier alpha value is -3.46. The number of H-pyrrole nitrogens is 1. The SMILES string of the molecule is O=C(Nc1cccc(S(=O)(=O)NC2=NCCCCC2)c1)c1cc(=O)[nH]c2ccccc12. The summed E-state index contributed by atoms with van der Waals surface area (Å²) in [6, 6.07) is 14.2. The lowest BCUT2D eigenvalue weighted by Crippen LogP contribution is -2.30. The normalized spacial score (nSPS) is 14.5. The Kier molecular flexibility index (Phi) is 5.85. The number of anilines is 1. The highest BCUT2D eigenvalue weighted by Crippen LogP contribution is 2.19. The molecular weight excluding hydrogens is 416 g/mol. The minimum absolute atomic E-state index is 0.0213. The van der Waals surface area contributed by atoms with E-state index in [1.807, 2.05) is 0 Å². The monoisotopic (exact) mass is 438 g/mol. The number of rotatable bonds is 4. The Balaban J connectivity index is 1.58. The third-order valence-electron chi connectivity index (χ3n) is 5.02. The van der Waals surface area contributed by atoms with Gasteiger partial charge in [-0.2, -0.15) is 0 Å². The number of aromatic nitrogens is 1. The highest BCUT2D eigenvalue weighted by molar-refractivity contribution is 7.90. The van der Waals surface area contributed by atoms with Gasteiger partial charge in [0.2, 0.25) is 5.56 Å². The van der Waals surface area contributed by atoms with Crippen molar-refractivity contribution in [2.24, 2.45) is 4.99 Å². The molecule has 0 fully saturated rings. The van der Waals surface area contributed by atoms with E-state index in [1.54, 1.807) is 36.4 Å². The molecule has 0 aliphatic carbocycles. The molecule has 0 atom stereocenters. The van der Waals surface area contributed by atoms with Gasteiger partial charge in [0, 0.05) is 35.6 Å². The smallest absolute Gasteiger partial charge is 0.262 e. The summed E-state index contributed by atoms with van der Waals surface area (Å²) in [4.78, 5) is 31.8. The van der Waals surface area contributed by atoms with Crippen molar-refractivity contribution in [1.82, 2.24) is 9.71 Å². The molecule has 9 heteroatoms. The van der Waals surface area contributed by atoms with Gasteiger partial charge in [0.1, 0.15) is 5.84 Å². The number of amidine groups is 1. The van der Waals surface area contributed by atoms with Gasteiger partial charge >= 0.3 is 0 Å². The number of nitrogens with zero attached hydrogens (tertiary/aromatic N) is 1. The molecule has 3 N–H and O–H groups in total. The Bertz CT molecular complexity index is 1330. The molecule has 0 spiro atoms. The van der Waals surface area contributed by atoms with Crippen LogP contribution in [0.3, 0.4) is 0 Å². The number of pyridine rings is 1. The molecular formula is C22H22N4O4S. The van der Waals surface area contributed by atoms with Crippen molar-refractivity contribution in [2.75, 3.05) is 11.9 Å². The van der Waals surface area contributed by atoms with Crippen molar-refractivity contribution < 1.29 is 13.2 Å². The van der Waals surface area contributed by atoms with E-state index in [2.05, 4.69) is 20.0 Å². The first kappa shape index (κ1) is 20.8. The van der Waals surface area contributed by atoms with Crippen molar-refractivity contribution in [2.45, 2.75) is 30.6 Å². The number of carbonyl (C=O) groups excluding carboxylic acids is 1. The zero-order chi connectivity index (χ0) is 21.8. The number of amides is 1. The minimum Gasteiger partial charge on any atom is -0.322 e. The summed E-state index contributed by atoms with van der Waals surface area (Å²) >= 11 is 0. The maximum absolute atomic E-state index is 12.8. The molecule has 1 aromatic heterocycles. The fourth-order valence-corrected chi connectivity index (χ4v) is 4.64. The largest absolute Gasteiger partial charge is 0.322 e. The van der Waals surface area contributed by atoms with Crippen LogP contribution in [-0.4, -0.2) is 31.7 Å². The number of aliphatic imine (C=N–C) groups is 1. The summed E-state index contributed by atoms with van der Waals surface area (Å²) in [7, 11) is -3.83. The van der Waals surface area contributed by atoms with E-state index in [-0.39, 0.29) is 10.5 Å². The average molecular weight is 439 g/mol. The van der Waals surface area contributed by atoms with Crippen LogP contribution >= 0.6 is 0 Å². The number of hydrogen-bond acceptors (Lipinski definition) is 5. The molecule has 4 rings (SSSR count). The first-order valence-corrected chi connectivity index (χ1v) is 11.5. The molecule has 8 nitrogen and oxygen atoms in total. The fourth-order valence-electron chi connectivity index (χ4n) is 3.50. The first-order valence-electron chi connectivity index (χ1n) is 10.0. The Morgan fingerprint density at radius 2 is 1.84 bits per heavy atom. The van der Waals surface area contributed by atoms with Gasteiger partial charge in [0.05, 0.1) is 10.5 Å². The van der Waals surface area contributed by atoms with Crippen LogP contribution in [0, 0.1) is 0 Å². The number of carbonyl (C=O) groups is 1. The van der Waals surface area contributed by atoms with Crippen molar-refractivity contribution in [3.8, 4) is 0 Å². The number of nitrogens with one attached hydrogen (secondary N) is 3. The average Bonchev–Trinajstić information content (AvgIpc) is 3.01. The maximum atomic E-state index is 12.8. The molecule has 2 heterocycles. The van der Waals surface area contributed by atoms with Crippen LogP contribution in [0.5, 0.6) is 0 Å². The summed E-state index contributed by atoms with van der Waals surface area (Å²) in [5.74, 6) is -0.0418. The topological polar surface area (TPSA) is 120 Å². The lowest BCUT2D eigenvalue weighted by molar-refractivity contribution is 0.102. The van der Waals surface area contributed by atoms with Gasteiger partial charge in [-0.05, 0) is 37.1 Å². The van der Waals surface area contributed by atoms with Crippen LogP contribution in [0.1, 0.15) is 36.0 Å². The van der Waals surface area contributed by atoms with Crippen LogP contribution in [0.4, 0.5) is 5.69 Å². The number of fused-ring (bicyclic) bond motifs is 1. The van der Waals surface area contributed by atoms with Gasteiger partial charge in [0.15, 0.2) is 0 Å². The molecule has 0 saturated heterocycles. The van der Waals surface area contributed by atoms with E-state index in [9.17, 15) is 18.0 Å². The Morgan fingerprint density at radius 1 is 1.00 bits per heavy atom. The number of hydrogen-bond donors (Lipinski definition) is 3. The van der Waals surface area contributed by atoms with Crippen LogP contribution in [0.15, 0.2) is 69.3 Å². The Labute approximate surface area is 179 Å². The second-order valence-electron chi connectivity index (χ2n) is 7.32. The van der Waals surface area contributed by atoms with E-state index in [1.165, 1.54) is 18.2 Å². The first-order chi connectivity index (χ1) is 14.9. The summed E-state index contributed by atoms with van der Waals surface area (Å²) in [6.07, 6.45) is 3.45. The minimum atomic E-state index is -3.83. The third kappa shape index (κ3) is 4.83. The standard InChI is InChI=1S/C22H22N4O4S/c27-21-14-18(17-9-3-4-10-19(17)25-21)22(28)24-15-7-6-8-16(13-15)31(29,30)26-20-11-2-1-5-12-23-20/h3-4,6-10,13-14H,1-2,5,11-12H2,(H,23,26)(H,24,28)(H,25,27). The van der Waals surface area contributed by atoms with Crippen molar-refractivity contribution in [3.05, 3.63) is 70.5 Å². The molecule has 3 aromatic rings. The lowest BCUT2D eigenvalue weighted by atomic mass is 10.1. The van der Waals surface area contributed by atoms with Gasteiger partial charge < -0.3 is 10.3 Å². The van der Waals surface area contributed by atoms with Crippen LogP contribution < -0.4 is 15.6 Å².